The summed E-state index contributed by atoms with van der Waals surface area (Å²) < 4.78 is 19.9. The Bertz CT molecular complexity index is 903. The molecule has 7 heteroatoms. The fourth-order valence-corrected chi connectivity index (χ4v) is 4.13. The lowest BCUT2D eigenvalue weighted by Gasteiger charge is -2.40. The van der Waals surface area contributed by atoms with Crippen molar-refractivity contribution in [2.75, 3.05) is 5.32 Å². The largest absolute Gasteiger partial charge is 0.489 e. The smallest absolute Gasteiger partial charge is 0.322 e. The fraction of sp³-hybridized carbons (Fsp3) is 0.429. The third kappa shape index (κ3) is 3.53. The molecular weight excluding hydrogens is 381 g/mol. The zero-order valence-electron chi connectivity index (χ0n) is 15.9. The number of carbonyl (C=O) groups excluding carboxylic acids is 1. The fourth-order valence-electron chi connectivity index (χ4n) is 3.91. The number of anilines is 1. The summed E-state index contributed by atoms with van der Waals surface area (Å²) in [4.78, 5) is 18.4. The minimum absolute atomic E-state index is 0.155. The zero-order valence-corrected chi connectivity index (χ0v) is 16.7. The summed E-state index contributed by atoms with van der Waals surface area (Å²) in [5.41, 5.74) is 1.98. The number of nitrogens with zero attached hydrogens (tertiary/aromatic N) is 2. The van der Waals surface area contributed by atoms with Gasteiger partial charge >= 0.3 is 6.03 Å². The molecule has 1 aliphatic heterocycles. The number of amides is 2. The standard InChI is InChI=1S/C21H23ClFN3O2/c1-12-10-17-16(8-9-24-20(17)23)13(2)26(12)21(27)25-14-6-7-19(18(22)11-14)28-15-4-3-5-15/h6-9,11-13,15H,3-5,10H2,1-2H3,(H,25,27). The van der Waals surface area contributed by atoms with E-state index >= 15 is 0 Å². The Morgan fingerprint density at radius 3 is 2.79 bits per heavy atom. The Balaban J connectivity index is 1.49. The number of hydrogen-bond acceptors (Lipinski definition) is 3. The summed E-state index contributed by atoms with van der Waals surface area (Å²) in [6, 6.07) is 6.39. The minimum atomic E-state index is -0.454. The van der Waals surface area contributed by atoms with Gasteiger partial charge in [-0.1, -0.05) is 11.6 Å². The Hall–Kier alpha value is -2.34. The third-order valence-electron chi connectivity index (χ3n) is 5.64. The SMILES string of the molecule is CC1Cc2c(ccnc2F)C(C)N1C(=O)Nc1ccc(OC2CCC2)c(Cl)c1. The molecule has 2 amide bonds. The Morgan fingerprint density at radius 2 is 2.11 bits per heavy atom. The van der Waals surface area contributed by atoms with Crippen LogP contribution in [0.1, 0.15) is 50.3 Å². The topological polar surface area (TPSA) is 54.5 Å². The Morgan fingerprint density at radius 1 is 1.32 bits per heavy atom. The van der Waals surface area contributed by atoms with Crippen molar-refractivity contribution in [3.8, 4) is 5.75 Å². The van der Waals surface area contributed by atoms with Crippen LogP contribution in [0.25, 0.3) is 0 Å². The highest BCUT2D eigenvalue weighted by Crippen LogP contribution is 2.35. The van der Waals surface area contributed by atoms with Crippen LogP contribution in [0.15, 0.2) is 30.5 Å². The molecule has 0 saturated heterocycles. The van der Waals surface area contributed by atoms with Crippen molar-refractivity contribution in [1.29, 1.82) is 0 Å². The first-order chi connectivity index (χ1) is 13.4. The van der Waals surface area contributed by atoms with Gasteiger partial charge in [-0.25, -0.2) is 9.78 Å². The van der Waals surface area contributed by atoms with Gasteiger partial charge in [0.05, 0.1) is 17.2 Å². The van der Waals surface area contributed by atoms with E-state index in [-0.39, 0.29) is 24.2 Å². The van der Waals surface area contributed by atoms with Crippen LogP contribution in [-0.2, 0) is 6.42 Å². The van der Waals surface area contributed by atoms with Gasteiger partial charge in [0, 0.05) is 23.5 Å². The van der Waals surface area contributed by atoms with Crippen molar-refractivity contribution < 1.29 is 13.9 Å². The molecule has 2 unspecified atom stereocenters. The first-order valence-corrected chi connectivity index (χ1v) is 10.0. The van der Waals surface area contributed by atoms with E-state index in [4.69, 9.17) is 16.3 Å². The van der Waals surface area contributed by atoms with E-state index < -0.39 is 5.95 Å². The molecule has 0 bridgehead atoms. The summed E-state index contributed by atoms with van der Waals surface area (Å²) in [7, 11) is 0. The molecule has 1 aromatic carbocycles. The number of carbonyl (C=O) groups is 1. The van der Waals surface area contributed by atoms with E-state index in [2.05, 4.69) is 10.3 Å². The normalized spacial score (nSPS) is 21.6. The lowest BCUT2D eigenvalue weighted by atomic mass is 9.91. The molecule has 4 rings (SSSR count). The second kappa shape index (κ2) is 7.59. The average Bonchev–Trinajstić information content (AvgIpc) is 2.60. The van der Waals surface area contributed by atoms with Crippen LogP contribution < -0.4 is 10.1 Å². The van der Waals surface area contributed by atoms with Gasteiger partial charge < -0.3 is 15.0 Å². The number of hydrogen-bond donors (Lipinski definition) is 1. The number of ether oxygens (including phenoxy) is 1. The molecule has 28 heavy (non-hydrogen) atoms. The van der Waals surface area contributed by atoms with Crippen molar-refractivity contribution in [2.24, 2.45) is 0 Å². The van der Waals surface area contributed by atoms with Crippen molar-refractivity contribution in [2.45, 2.75) is 57.7 Å². The second-order valence-corrected chi connectivity index (χ2v) is 7.96. The highest BCUT2D eigenvalue weighted by molar-refractivity contribution is 6.32. The Kier molecular flexibility index (Phi) is 5.15. The van der Waals surface area contributed by atoms with Crippen LogP contribution in [0.5, 0.6) is 5.75 Å². The second-order valence-electron chi connectivity index (χ2n) is 7.55. The summed E-state index contributed by atoms with van der Waals surface area (Å²) in [6.45, 7) is 3.81. The van der Waals surface area contributed by atoms with Gasteiger partial charge in [0.2, 0.25) is 5.95 Å². The van der Waals surface area contributed by atoms with Gasteiger partial charge in [0.1, 0.15) is 5.75 Å². The Labute approximate surface area is 168 Å². The number of nitrogens with one attached hydrogen (secondary N) is 1. The van der Waals surface area contributed by atoms with Gasteiger partial charge in [0.15, 0.2) is 0 Å². The molecule has 2 atom stereocenters. The number of aromatic nitrogens is 1. The molecule has 1 saturated carbocycles. The van der Waals surface area contributed by atoms with Crippen molar-refractivity contribution in [3.05, 3.63) is 52.6 Å². The lowest BCUT2D eigenvalue weighted by molar-refractivity contribution is 0.120. The predicted octanol–water partition coefficient (Wildman–Crippen LogP) is 5.35. The van der Waals surface area contributed by atoms with Crippen LogP contribution in [0, 0.1) is 5.95 Å². The molecule has 0 spiro atoms. The van der Waals surface area contributed by atoms with Crippen molar-refractivity contribution >= 4 is 23.3 Å². The number of fused-ring (bicyclic) bond motifs is 1. The molecule has 1 N–H and O–H groups in total. The number of halogens is 2. The lowest BCUT2D eigenvalue weighted by Crippen LogP contribution is -2.47. The molecule has 1 aliphatic carbocycles. The van der Waals surface area contributed by atoms with E-state index in [1.54, 1.807) is 29.2 Å². The van der Waals surface area contributed by atoms with E-state index in [0.29, 0.717) is 28.4 Å². The number of benzene rings is 1. The van der Waals surface area contributed by atoms with Crippen LogP contribution in [-0.4, -0.2) is 28.1 Å². The summed E-state index contributed by atoms with van der Waals surface area (Å²) in [5, 5.41) is 3.38. The molecule has 148 valence electrons. The van der Waals surface area contributed by atoms with Crippen LogP contribution in [0.2, 0.25) is 5.02 Å². The number of urea groups is 1. The molecule has 5 nitrogen and oxygen atoms in total. The van der Waals surface area contributed by atoms with Crippen LogP contribution in [0.4, 0.5) is 14.9 Å². The van der Waals surface area contributed by atoms with E-state index in [1.807, 2.05) is 13.8 Å². The van der Waals surface area contributed by atoms with E-state index in [9.17, 15) is 9.18 Å². The molecule has 2 aromatic rings. The molecule has 2 heterocycles. The average molecular weight is 404 g/mol. The predicted molar refractivity (Wildman–Crippen MR) is 106 cm³/mol. The van der Waals surface area contributed by atoms with Gasteiger partial charge in [0.25, 0.3) is 0 Å². The monoisotopic (exact) mass is 403 g/mol. The molecule has 1 aromatic heterocycles. The molecule has 1 fully saturated rings. The van der Waals surface area contributed by atoms with Gasteiger partial charge in [-0.15, -0.1) is 0 Å². The highest BCUT2D eigenvalue weighted by Gasteiger charge is 2.34. The zero-order chi connectivity index (χ0) is 19.8. The number of rotatable bonds is 3. The first-order valence-electron chi connectivity index (χ1n) is 9.63. The first kappa shape index (κ1) is 19.0. The molecule has 2 aliphatic rings. The van der Waals surface area contributed by atoms with Gasteiger partial charge in [-0.3, -0.25) is 0 Å². The number of pyridine rings is 1. The maximum Gasteiger partial charge on any atom is 0.322 e. The van der Waals surface area contributed by atoms with E-state index in [0.717, 1.165) is 18.4 Å². The molecule has 0 radical (unpaired) electrons. The van der Waals surface area contributed by atoms with Gasteiger partial charge in [-0.05, 0) is 69.4 Å². The van der Waals surface area contributed by atoms with Crippen molar-refractivity contribution in [1.82, 2.24) is 9.88 Å². The third-order valence-corrected chi connectivity index (χ3v) is 5.94. The molecular formula is C21H23ClFN3O2. The maximum atomic E-state index is 14.0. The van der Waals surface area contributed by atoms with Gasteiger partial charge in [-0.2, -0.15) is 4.39 Å². The summed E-state index contributed by atoms with van der Waals surface area (Å²) in [5.74, 6) is 0.186. The summed E-state index contributed by atoms with van der Waals surface area (Å²) >= 11 is 6.33. The van der Waals surface area contributed by atoms with Crippen LogP contribution in [0.3, 0.4) is 0 Å². The summed E-state index contributed by atoms with van der Waals surface area (Å²) in [6.07, 6.45) is 5.40. The maximum absolute atomic E-state index is 14.0. The van der Waals surface area contributed by atoms with Crippen LogP contribution >= 0.6 is 11.6 Å². The highest BCUT2D eigenvalue weighted by atomic mass is 35.5. The van der Waals surface area contributed by atoms with E-state index in [1.165, 1.54) is 12.6 Å². The quantitative estimate of drug-likeness (QED) is 0.703. The minimum Gasteiger partial charge on any atom is -0.489 e. The van der Waals surface area contributed by atoms with Crippen molar-refractivity contribution in [3.63, 3.8) is 0 Å².